The molecule has 68 heavy (non-hydrogen) atoms. The van der Waals surface area contributed by atoms with E-state index in [4.69, 9.17) is 15.0 Å². The number of benzene rings is 10. The van der Waals surface area contributed by atoms with Crippen LogP contribution >= 0.6 is 11.3 Å². The SMILES string of the molecule is c1ccc(-c2cc(-c3ccccc3)cc(-c3ccc(-c4cccc5sc6c(ccc7c6c6ccccc6n7-c6ccccc6)c45)c(-c4nc(-c5ccccc5)nc(-c5ccccc5)n4)c3)c2)cc1. The number of hydrogen-bond acceptors (Lipinski definition) is 4. The van der Waals surface area contributed by atoms with Crippen molar-refractivity contribution >= 4 is 53.3 Å². The largest absolute Gasteiger partial charge is 0.309 e. The minimum Gasteiger partial charge on any atom is -0.309 e. The summed E-state index contributed by atoms with van der Waals surface area (Å²) in [6.07, 6.45) is 0. The number of rotatable bonds is 8. The third-order valence-corrected chi connectivity index (χ3v) is 14.2. The van der Waals surface area contributed by atoms with Crippen LogP contribution in [0.15, 0.2) is 243 Å². The van der Waals surface area contributed by atoms with Crippen LogP contribution < -0.4 is 0 Å². The van der Waals surface area contributed by atoms with E-state index in [0.717, 1.165) is 66.9 Å². The van der Waals surface area contributed by atoms with Gasteiger partial charge in [-0.25, -0.2) is 15.0 Å². The van der Waals surface area contributed by atoms with Crippen LogP contribution in [0.4, 0.5) is 0 Å². The zero-order valence-electron chi connectivity index (χ0n) is 36.8. The molecular weight excluding hydrogens is 845 g/mol. The predicted octanol–water partition coefficient (Wildman–Crippen LogP) is 17.0. The number of fused-ring (bicyclic) bond motifs is 7. The highest BCUT2D eigenvalue weighted by molar-refractivity contribution is 7.27. The fourth-order valence-electron chi connectivity index (χ4n) is 9.88. The summed E-state index contributed by atoms with van der Waals surface area (Å²) in [4.78, 5) is 15.8. The third kappa shape index (κ3) is 6.88. The molecular formula is C63H40N4S. The Hall–Kier alpha value is -8.77. The van der Waals surface area contributed by atoms with Crippen molar-refractivity contribution in [3.63, 3.8) is 0 Å². The van der Waals surface area contributed by atoms with Crippen molar-refractivity contribution < 1.29 is 0 Å². The summed E-state index contributed by atoms with van der Waals surface area (Å²) in [6.45, 7) is 0. The lowest BCUT2D eigenvalue weighted by Crippen LogP contribution is -2.01. The lowest BCUT2D eigenvalue weighted by Gasteiger charge is -2.16. The van der Waals surface area contributed by atoms with Gasteiger partial charge in [0.05, 0.1) is 11.0 Å². The lowest BCUT2D eigenvalue weighted by molar-refractivity contribution is 1.07. The Kier molecular flexibility index (Phi) is 9.66. The topological polar surface area (TPSA) is 43.6 Å². The first-order chi connectivity index (χ1) is 33.7. The molecule has 10 aromatic carbocycles. The predicted molar refractivity (Wildman–Crippen MR) is 285 cm³/mol. The van der Waals surface area contributed by atoms with E-state index in [1.165, 1.54) is 42.0 Å². The fourth-order valence-corrected chi connectivity index (χ4v) is 11.2. The van der Waals surface area contributed by atoms with Crippen LogP contribution in [0.3, 0.4) is 0 Å². The fraction of sp³-hybridized carbons (Fsp3) is 0. The second-order valence-corrected chi connectivity index (χ2v) is 18.2. The van der Waals surface area contributed by atoms with Crippen LogP contribution in [0.1, 0.15) is 0 Å². The minimum absolute atomic E-state index is 0.613. The first-order valence-corrected chi connectivity index (χ1v) is 23.7. The summed E-state index contributed by atoms with van der Waals surface area (Å²) in [5.74, 6) is 1.86. The van der Waals surface area contributed by atoms with Crippen molar-refractivity contribution in [1.29, 1.82) is 0 Å². The Labute approximate surface area is 397 Å². The molecule has 3 heterocycles. The summed E-state index contributed by atoms with van der Waals surface area (Å²) in [6, 6.07) is 86.4. The number of hydrogen-bond donors (Lipinski definition) is 0. The number of para-hydroxylation sites is 2. The molecule has 0 N–H and O–H groups in total. The molecule has 5 heteroatoms. The van der Waals surface area contributed by atoms with Crippen LogP contribution in [-0.2, 0) is 0 Å². The van der Waals surface area contributed by atoms with Gasteiger partial charge in [0.1, 0.15) is 0 Å². The molecule has 0 aliphatic carbocycles. The summed E-state index contributed by atoms with van der Waals surface area (Å²) in [5.41, 5.74) is 15.3. The first kappa shape index (κ1) is 39.6. The molecule has 318 valence electrons. The van der Waals surface area contributed by atoms with Gasteiger partial charge >= 0.3 is 0 Å². The van der Waals surface area contributed by atoms with Crippen LogP contribution in [-0.4, -0.2) is 19.5 Å². The third-order valence-electron chi connectivity index (χ3n) is 13.0. The van der Waals surface area contributed by atoms with Crippen LogP contribution in [0.2, 0.25) is 0 Å². The van der Waals surface area contributed by atoms with Crippen molar-refractivity contribution in [3.8, 4) is 84.4 Å². The van der Waals surface area contributed by atoms with Gasteiger partial charge < -0.3 is 4.57 Å². The number of thiophene rings is 1. The molecule has 13 aromatic rings. The molecule has 3 aromatic heterocycles. The van der Waals surface area contributed by atoms with Crippen LogP contribution in [0.5, 0.6) is 0 Å². The average molecular weight is 885 g/mol. The zero-order valence-corrected chi connectivity index (χ0v) is 37.6. The minimum atomic E-state index is 0.613. The quantitative estimate of drug-likeness (QED) is 0.153. The van der Waals surface area contributed by atoms with Gasteiger partial charge in [-0.05, 0) is 99.1 Å². The maximum Gasteiger partial charge on any atom is 0.164 e. The maximum absolute atomic E-state index is 5.36. The van der Waals surface area contributed by atoms with E-state index < -0.39 is 0 Å². The Bertz CT molecular complexity index is 3880. The van der Waals surface area contributed by atoms with Gasteiger partial charge in [0.25, 0.3) is 0 Å². The van der Waals surface area contributed by atoms with Crippen molar-refractivity contribution in [2.45, 2.75) is 0 Å². The Morgan fingerprint density at radius 2 is 0.824 bits per heavy atom. The van der Waals surface area contributed by atoms with E-state index in [9.17, 15) is 0 Å². The van der Waals surface area contributed by atoms with Gasteiger partial charge in [0.15, 0.2) is 17.5 Å². The van der Waals surface area contributed by atoms with Gasteiger partial charge in [0, 0.05) is 53.3 Å². The highest BCUT2D eigenvalue weighted by atomic mass is 32.1. The molecule has 0 aliphatic heterocycles. The molecule has 0 atom stereocenters. The monoisotopic (exact) mass is 884 g/mol. The molecule has 0 saturated carbocycles. The highest BCUT2D eigenvalue weighted by Crippen LogP contribution is 2.48. The van der Waals surface area contributed by atoms with Gasteiger partial charge in [-0.1, -0.05) is 188 Å². The Balaban J connectivity index is 1.09. The van der Waals surface area contributed by atoms with Crippen LogP contribution in [0.25, 0.3) is 126 Å². The van der Waals surface area contributed by atoms with E-state index in [0.29, 0.717) is 17.5 Å². The molecule has 0 fully saturated rings. The summed E-state index contributed by atoms with van der Waals surface area (Å²) < 4.78 is 4.90. The van der Waals surface area contributed by atoms with Gasteiger partial charge in [0.2, 0.25) is 0 Å². The molecule has 0 saturated heterocycles. The molecule has 4 nitrogen and oxygen atoms in total. The van der Waals surface area contributed by atoms with Crippen molar-refractivity contribution in [1.82, 2.24) is 19.5 Å². The first-order valence-electron chi connectivity index (χ1n) is 22.9. The van der Waals surface area contributed by atoms with E-state index >= 15 is 0 Å². The van der Waals surface area contributed by atoms with Crippen molar-refractivity contribution in [2.75, 3.05) is 0 Å². The maximum atomic E-state index is 5.36. The van der Waals surface area contributed by atoms with E-state index in [1.54, 1.807) is 0 Å². The Morgan fingerprint density at radius 3 is 1.44 bits per heavy atom. The van der Waals surface area contributed by atoms with E-state index in [2.05, 4.69) is 211 Å². The Morgan fingerprint density at radius 1 is 0.294 bits per heavy atom. The lowest BCUT2D eigenvalue weighted by atomic mass is 9.89. The molecule has 0 unspecified atom stereocenters. The standard InChI is InChI=1S/C63H40N4S/c1-6-19-41(20-7-1)46-37-47(42-21-8-2-9-22-42)39-48(38-46)45-33-34-50(54(40-45)63-65-61(43-23-10-3-11-24-43)64-62(66-63)44-25-12-4-13-26-44)51-30-18-32-57-58(51)53-35-36-56-59(60(53)68-57)52-29-16-17-31-55(52)67(56)49-27-14-5-15-28-49/h1-40H. The number of nitrogens with zero attached hydrogens (tertiary/aromatic N) is 4. The molecule has 0 spiro atoms. The highest BCUT2D eigenvalue weighted by Gasteiger charge is 2.23. The van der Waals surface area contributed by atoms with E-state index in [1.807, 2.05) is 47.7 Å². The molecule has 0 radical (unpaired) electrons. The molecule has 0 aliphatic rings. The van der Waals surface area contributed by atoms with Crippen molar-refractivity contribution in [3.05, 3.63) is 243 Å². The normalized spacial score (nSPS) is 11.5. The van der Waals surface area contributed by atoms with Crippen molar-refractivity contribution in [2.24, 2.45) is 0 Å². The second kappa shape index (κ2) is 16.6. The zero-order chi connectivity index (χ0) is 45.0. The van der Waals surface area contributed by atoms with Gasteiger partial charge in [-0.2, -0.15) is 0 Å². The summed E-state index contributed by atoms with van der Waals surface area (Å²) >= 11 is 1.87. The van der Waals surface area contributed by atoms with Crippen LogP contribution in [0, 0.1) is 0 Å². The summed E-state index contributed by atoms with van der Waals surface area (Å²) in [5, 5.41) is 4.97. The molecule has 13 rings (SSSR count). The summed E-state index contributed by atoms with van der Waals surface area (Å²) in [7, 11) is 0. The average Bonchev–Trinajstić information content (AvgIpc) is 3.98. The smallest absolute Gasteiger partial charge is 0.164 e. The van der Waals surface area contributed by atoms with Gasteiger partial charge in [-0.15, -0.1) is 11.3 Å². The molecule has 0 bridgehead atoms. The number of aromatic nitrogens is 4. The van der Waals surface area contributed by atoms with Gasteiger partial charge in [-0.3, -0.25) is 0 Å². The second-order valence-electron chi connectivity index (χ2n) is 17.1. The molecule has 0 amide bonds. The van der Waals surface area contributed by atoms with E-state index in [-0.39, 0.29) is 0 Å².